The number of halogens is 1. The molecule has 2 nitrogen and oxygen atoms in total. The number of hydrogen-bond donors (Lipinski definition) is 0. The van der Waals surface area contributed by atoms with Crippen molar-refractivity contribution in [3.05, 3.63) is 65.5 Å². The molecular formula is C16H15FO2. The number of aldehydes is 1. The van der Waals surface area contributed by atoms with Crippen LogP contribution in [0.2, 0.25) is 0 Å². The molecule has 0 fully saturated rings. The van der Waals surface area contributed by atoms with E-state index in [0.29, 0.717) is 12.0 Å². The summed E-state index contributed by atoms with van der Waals surface area (Å²) in [6.07, 6.45) is 1.25. The quantitative estimate of drug-likeness (QED) is 0.769. The molecule has 1 atom stereocenters. The predicted molar refractivity (Wildman–Crippen MR) is 71.9 cm³/mol. The highest BCUT2D eigenvalue weighted by molar-refractivity contribution is 5.63. The summed E-state index contributed by atoms with van der Waals surface area (Å²) in [4.78, 5) is 11.2. The second-order valence-corrected chi connectivity index (χ2v) is 4.32. The highest BCUT2D eigenvalue weighted by Crippen LogP contribution is 2.23. The lowest BCUT2D eigenvalue weighted by molar-refractivity contribution is -0.109. The fourth-order valence-electron chi connectivity index (χ4n) is 2.06. The summed E-state index contributed by atoms with van der Waals surface area (Å²) in [6, 6.07) is 13.8. The molecule has 0 aliphatic carbocycles. The second kappa shape index (κ2) is 6.14. The van der Waals surface area contributed by atoms with Crippen LogP contribution in [0, 0.1) is 5.82 Å². The van der Waals surface area contributed by atoms with Crippen LogP contribution in [0.4, 0.5) is 4.39 Å². The van der Waals surface area contributed by atoms with Crippen LogP contribution in [0.3, 0.4) is 0 Å². The maximum Gasteiger partial charge on any atom is 0.127 e. The van der Waals surface area contributed by atoms with E-state index in [1.54, 1.807) is 25.3 Å². The van der Waals surface area contributed by atoms with Crippen LogP contribution in [0.15, 0.2) is 48.5 Å². The van der Waals surface area contributed by atoms with Crippen LogP contribution in [0.5, 0.6) is 5.75 Å². The van der Waals surface area contributed by atoms with Gasteiger partial charge < -0.3 is 9.53 Å². The average molecular weight is 258 g/mol. The minimum Gasteiger partial charge on any atom is -0.497 e. The van der Waals surface area contributed by atoms with Crippen molar-refractivity contribution in [2.24, 2.45) is 0 Å². The van der Waals surface area contributed by atoms with Crippen molar-refractivity contribution in [2.45, 2.75) is 12.3 Å². The van der Waals surface area contributed by atoms with Crippen LogP contribution in [0.25, 0.3) is 0 Å². The summed E-state index contributed by atoms with van der Waals surface area (Å²) in [6.45, 7) is 0. The highest BCUT2D eigenvalue weighted by atomic mass is 19.1. The Kier molecular flexibility index (Phi) is 4.29. The molecule has 0 aliphatic rings. The molecule has 0 saturated heterocycles. The van der Waals surface area contributed by atoms with Gasteiger partial charge in [0, 0.05) is 5.92 Å². The van der Waals surface area contributed by atoms with Crippen LogP contribution in [-0.4, -0.2) is 13.4 Å². The standard InChI is InChI=1S/C16H15FO2/c1-19-14-6-4-5-12(10-14)9-13(11-18)15-7-2-3-8-16(15)17/h2-8,10-11,13H,9H2,1H3. The molecular weight excluding hydrogens is 243 g/mol. The van der Waals surface area contributed by atoms with Crippen molar-refractivity contribution >= 4 is 6.29 Å². The molecule has 0 aromatic heterocycles. The first-order valence-electron chi connectivity index (χ1n) is 6.07. The summed E-state index contributed by atoms with van der Waals surface area (Å²) in [7, 11) is 1.59. The van der Waals surface area contributed by atoms with Gasteiger partial charge in [-0.25, -0.2) is 4.39 Å². The third-order valence-electron chi connectivity index (χ3n) is 3.06. The minimum atomic E-state index is -0.478. The number of carbonyl (C=O) groups is 1. The zero-order valence-corrected chi connectivity index (χ0v) is 10.7. The summed E-state index contributed by atoms with van der Waals surface area (Å²) in [5.74, 6) is -0.0912. The topological polar surface area (TPSA) is 26.3 Å². The van der Waals surface area contributed by atoms with Gasteiger partial charge in [0.25, 0.3) is 0 Å². The van der Waals surface area contributed by atoms with E-state index >= 15 is 0 Å². The number of hydrogen-bond acceptors (Lipinski definition) is 2. The molecule has 19 heavy (non-hydrogen) atoms. The monoisotopic (exact) mass is 258 g/mol. The third-order valence-corrected chi connectivity index (χ3v) is 3.06. The first-order chi connectivity index (χ1) is 9.24. The van der Waals surface area contributed by atoms with Crippen molar-refractivity contribution in [2.75, 3.05) is 7.11 Å². The molecule has 2 aromatic carbocycles. The van der Waals surface area contributed by atoms with Gasteiger partial charge in [-0.2, -0.15) is 0 Å². The molecule has 0 aliphatic heterocycles. The van der Waals surface area contributed by atoms with Gasteiger partial charge in [-0.05, 0) is 35.7 Å². The van der Waals surface area contributed by atoms with Gasteiger partial charge in [0.15, 0.2) is 0 Å². The average Bonchev–Trinajstić information content (AvgIpc) is 2.46. The van der Waals surface area contributed by atoms with Crippen molar-refractivity contribution in [1.82, 2.24) is 0 Å². The Balaban J connectivity index is 2.24. The summed E-state index contributed by atoms with van der Waals surface area (Å²) in [5, 5.41) is 0. The zero-order valence-electron chi connectivity index (χ0n) is 10.7. The van der Waals surface area contributed by atoms with Gasteiger partial charge in [-0.3, -0.25) is 0 Å². The van der Waals surface area contributed by atoms with Gasteiger partial charge >= 0.3 is 0 Å². The van der Waals surface area contributed by atoms with E-state index in [0.717, 1.165) is 17.6 Å². The lowest BCUT2D eigenvalue weighted by atomic mass is 9.93. The first kappa shape index (κ1) is 13.3. The fraction of sp³-hybridized carbons (Fsp3) is 0.188. The van der Waals surface area contributed by atoms with E-state index in [1.165, 1.54) is 6.07 Å². The van der Waals surface area contributed by atoms with E-state index in [2.05, 4.69) is 0 Å². The molecule has 0 bridgehead atoms. The largest absolute Gasteiger partial charge is 0.497 e. The van der Waals surface area contributed by atoms with Crippen LogP contribution in [-0.2, 0) is 11.2 Å². The zero-order chi connectivity index (χ0) is 13.7. The molecule has 2 aromatic rings. The maximum absolute atomic E-state index is 13.7. The van der Waals surface area contributed by atoms with Gasteiger partial charge in [-0.15, -0.1) is 0 Å². The molecule has 0 radical (unpaired) electrons. The predicted octanol–water partition coefficient (Wildman–Crippen LogP) is 3.36. The van der Waals surface area contributed by atoms with Crippen molar-refractivity contribution in [3.8, 4) is 5.75 Å². The number of ether oxygens (including phenoxy) is 1. The van der Waals surface area contributed by atoms with Crippen molar-refractivity contribution in [3.63, 3.8) is 0 Å². The summed E-state index contributed by atoms with van der Waals surface area (Å²) in [5.41, 5.74) is 1.38. The van der Waals surface area contributed by atoms with Gasteiger partial charge in [0.05, 0.1) is 7.11 Å². The molecule has 2 rings (SSSR count). The minimum absolute atomic E-state index is 0.345. The number of methoxy groups -OCH3 is 1. The Bertz CT molecular complexity index is 566. The van der Waals surface area contributed by atoms with E-state index in [4.69, 9.17) is 4.74 Å². The molecule has 0 N–H and O–H groups in total. The smallest absolute Gasteiger partial charge is 0.127 e. The molecule has 0 heterocycles. The lowest BCUT2D eigenvalue weighted by Crippen LogP contribution is -2.06. The third kappa shape index (κ3) is 3.19. The molecule has 0 saturated carbocycles. The number of rotatable bonds is 5. The van der Waals surface area contributed by atoms with Crippen LogP contribution < -0.4 is 4.74 Å². The SMILES string of the molecule is COc1cccc(CC(C=O)c2ccccc2F)c1. The molecule has 98 valence electrons. The Morgan fingerprint density at radius 3 is 2.68 bits per heavy atom. The van der Waals surface area contributed by atoms with Crippen LogP contribution >= 0.6 is 0 Å². The number of carbonyl (C=O) groups excluding carboxylic acids is 1. The van der Waals surface area contributed by atoms with Crippen molar-refractivity contribution in [1.29, 1.82) is 0 Å². The van der Waals surface area contributed by atoms with Gasteiger partial charge in [0.2, 0.25) is 0 Å². The van der Waals surface area contributed by atoms with Gasteiger partial charge in [0.1, 0.15) is 17.9 Å². The lowest BCUT2D eigenvalue weighted by Gasteiger charge is -2.12. The van der Waals surface area contributed by atoms with E-state index in [9.17, 15) is 9.18 Å². The second-order valence-electron chi connectivity index (χ2n) is 4.32. The van der Waals surface area contributed by atoms with Gasteiger partial charge in [-0.1, -0.05) is 30.3 Å². The molecule has 0 amide bonds. The number of benzene rings is 2. The van der Waals surface area contributed by atoms with Crippen molar-refractivity contribution < 1.29 is 13.9 Å². The molecule has 3 heteroatoms. The highest BCUT2D eigenvalue weighted by Gasteiger charge is 2.15. The molecule has 1 unspecified atom stereocenters. The summed E-state index contributed by atoms with van der Waals surface area (Å²) < 4.78 is 18.8. The Morgan fingerprint density at radius 2 is 2.00 bits per heavy atom. The Hall–Kier alpha value is -2.16. The van der Waals surface area contributed by atoms with E-state index in [-0.39, 0.29) is 5.82 Å². The first-order valence-corrected chi connectivity index (χ1v) is 6.07. The normalized spacial score (nSPS) is 11.9. The van der Waals surface area contributed by atoms with Crippen LogP contribution in [0.1, 0.15) is 17.0 Å². The van der Waals surface area contributed by atoms with E-state index < -0.39 is 5.92 Å². The Morgan fingerprint density at radius 1 is 1.21 bits per heavy atom. The maximum atomic E-state index is 13.7. The van der Waals surface area contributed by atoms with E-state index in [1.807, 2.05) is 24.3 Å². The molecule has 0 spiro atoms. The Labute approximate surface area is 111 Å². The summed E-state index contributed by atoms with van der Waals surface area (Å²) >= 11 is 0. The fourth-order valence-corrected chi connectivity index (χ4v) is 2.06.